The second-order valence-electron chi connectivity index (χ2n) is 7.09. The van der Waals surface area contributed by atoms with Crippen LogP contribution in [0.4, 0.5) is 0 Å². The van der Waals surface area contributed by atoms with Gasteiger partial charge in [0.1, 0.15) is 10.3 Å². The number of rotatable bonds is 3. The van der Waals surface area contributed by atoms with Gasteiger partial charge in [0.2, 0.25) is 0 Å². The minimum atomic E-state index is -1.79. The number of pyridine rings is 1. The largest absolute Gasteiger partial charge is 0.413 e. The van der Waals surface area contributed by atoms with Crippen LogP contribution in [0, 0.1) is 0 Å². The fourth-order valence-electron chi connectivity index (χ4n) is 2.34. The van der Waals surface area contributed by atoms with Gasteiger partial charge < -0.3 is 4.43 Å². The number of halogens is 2. The first-order chi connectivity index (χ1) is 9.56. The molecule has 1 heterocycles. The summed E-state index contributed by atoms with van der Waals surface area (Å²) >= 11 is 7.00. The van der Waals surface area contributed by atoms with Crippen molar-refractivity contribution < 1.29 is 9.22 Å². The fraction of sp³-hybridized carbons (Fsp3) is 0.600. The second-order valence-corrected chi connectivity index (χ2v) is 13.4. The molecule has 0 radical (unpaired) electrons. The Hall–Kier alpha value is -0.0431. The van der Waals surface area contributed by atoms with E-state index in [2.05, 4.69) is 70.7 Å². The summed E-state index contributed by atoms with van der Waals surface area (Å²) in [6.45, 7) is 11.3. The van der Waals surface area contributed by atoms with E-state index in [0.717, 1.165) is 39.3 Å². The molecular weight excluding hydrogens is 414 g/mol. The number of carbonyl (C=O) groups excluding carboxylic acids is 1. The van der Waals surface area contributed by atoms with Crippen molar-refractivity contribution in [2.75, 3.05) is 0 Å². The van der Waals surface area contributed by atoms with Crippen molar-refractivity contribution in [2.45, 2.75) is 57.8 Å². The Kier molecular flexibility index (Phi) is 4.84. The Morgan fingerprint density at radius 3 is 2.33 bits per heavy atom. The lowest BCUT2D eigenvalue weighted by atomic mass is 10.1. The molecule has 1 atom stereocenters. The van der Waals surface area contributed by atoms with Gasteiger partial charge in [-0.2, -0.15) is 0 Å². The van der Waals surface area contributed by atoms with Crippen molar-refractivity contribution in [3.63, 3.8) is 0 Å². The van der Waals surface area contributed by atoms with Crippen molar-refractivity contribution in [3.05, 3.63) is 25.9 Å². The highest BCUT2D eigenvalue weighted by Gasteiger charge is 2.41. The van der Waals surface area contributed by atoms with E-state index >= 15 is 0 Å². The maximum atomic E-state index is 11.1. The summed E-state index contributed by atoms with van der Waals surface area (Å²) in [5.41, 5.74) is 2.77. The third-order valence-corrected chi connectivity index (χ3v) is 10.6. The van der Waals surface area contributed by atoms with Gasteiger partial charge in [0.25, 0.3) is 0 Å². The molecule has 2 rings (SSSR count). The van der Waals surface area contributed by atoms with Crippen LogP contribution in [-0.4, -0.2) is 25.7 Å². The zero-order valence-corrected chi connectivity index (χ0v) is 17.3. The third kappa shape index (κ3) is 3.33. The molecule has 1 aromatic rings. The predicted molar refractivity (Wildman–Crippen MR) is 94.5 cm³/mol. The highest BCUT2D eigenvalue weighted by molar-refractivity contribution is 9.11. The van der Waals surface area contributed by atoms with Crippen molar-refractivity contribution in [1.29, 1.82) is 0 Å². The molecule has 6 heteroatoms. The second kappa shape index (κ2) is 5.87. The number of carbonyl (C=O) groups is 1. The van der Waals surface area contributed by atoms with Crippen LogP contribution < -0.4 is 0 Å². The van der Waals surface area contributed by atoms with Gasteiger partial charge in [-0.25, -0.2) is 4.98 Å². The van der Waals surface area contributed by atoms with Gasteiger partial charge in [0.15, 0.2) is 14.6 Å². The van der Waals surface area contributed by atoms with E-state index in [-0.39, 0.29) is 11.1 Å². The van der Waals surface area contributed by atoms with E-state index < -0.39 is 8.32 Å². The Bertz CT molecular complexity index is 582. The highest BCUT2D eigenvalue weighted by atomic mass is 79.9. The SMILES string of the molecule is CC(C)(C)[Si](C)(C)OC1Cc2c(Br)nc(C=O)c(Br)c2C1. The van der Waals surface area contributed by atoms with E-state index in [1.165, 1.54) is 0 Å². The predicted octanol–water partition coefficient (Wildman–Crippen LogP) is 4.91. The molecule has 0 saturated heterocycles. The first kappa shape index (κ1) is 17.3. The third-order valence-electron chi connectivity index (χ3n) is 4.56. The molecule has 3 nitrogen and oxygen atoms in total. The Balaban J connectivity index is 2.27. The van der Waals surface area contributed by atoms with Crippen LogP contribution in [0.15, 0.2) is 9.08 Å². The lowest BCUT2D eigenvalue weighted by molar-refractivity contribution is 0.111. The van der Waals surface area contributed by atoms with Crippen LogP contribution in [-0.2, 0) is 17.3 Å². The van der Waals surface area contributed by atoms with Gasteiger partial charge in [-0.15, -0.1) is 0 Å². The molecule has 0 aliphatic heterocycles. The van der Waals surface area contributed by atoms with E-state index in [1.807, 2.05) is 0 Å². The van der Waals surface area contributed by atoms with Gasteiger partial charge in [-0.05, 0) is 67.5 Å². The number of hydrogen-bond acceptors (Lipinski definition) is 3. The summed E-state index contributed by atoms with van der Waals surface area (Å²) in [5, 5.41) is 0.197. The van der Waals surface area contributed by atoms with Crippen molar-refractivity contribution >= 4 is 46.5 Å². The molecular formula is C15H21Br2NO2Si. The number of aromatic nitrogens is 1. The molecule has 1 aliphatic rings. The van der Waals surface area contributed by atoms with Crippen LogP contribution in [0.5, 0.6) is 0 Å². The van der Waals surface area contributed by atoms with Gasteiger partial charge in [-0.1, -0.05) is 20.8 Å². The van der Waals surface area contributed by atoms with Crippen LogP contribution >= 0.6 is 31.9 Å². The number of nitrogens with zero attached hydrogens (tertiary/aromatic N) is 1. The fourth-order valence-corrected chi connectivity index (χ4v) is 4.87. The van der Waals surface area contributed by atoms with Crippen LogP contribution in [0.2, 0.25) is 18.1 Å². The summed E-state index contributed by atoms with van der Waals surface area (Å²) in [4.78, 5) is 15.4. The van der Waals surface area contributed by atoms with Gasteiger partial charge in [-0.3, -0.25) is 4.79 Å². The van der Waals surface area contributed by atoms with E-state index in [9.17, 15) is 4.79 Å². The van der Waals surface area contributed by atoms with Gasteiger partial charge >= 0.3 is 0 Å². The van der Waals surface area contributed by atoms with Crippen molar-refractivity contribution in [3.8, 4) is 0 Å². The first-order valence-corrected chi connectivity index (χ1v) is 11.6. The Morgan fingerprint density at radius 1 is 1.24 bits per heavy atom. The normalized spacial score (nSPS) is 18.7. The smallest absolute Gasteiger partial charge is 0.192 e. The highest BCUT2D eigenvalue weighted by Crippen LogP contribution is 2.41. The minimum Gasteiger partial charge on any atom is -0.413 e. The maximum absolute atomic E-state index is 11.1. The molecule has 0 aromatic carbocycles. The van der Waals surface area contributed by atoms with Crippen LogP contribution in [0.1, 0.15) is 42.4 Å². The lowest BCUT2D eigenvalue weighted by Gasteiger charge is -2.38. The summed E-state index contributed by atoms with van der Waals surface area (Å²) in [5.74, 6) is 0. The molecule has 0 N–H and O–H groups in total. The molecule has 0 spiro atoms. The van der Waals surface area contributed by atoms with Crippen LogP contribution in [0.25, 0.3) is 0 Å². The van der Waals surface area contributed by atoms with Crippen molar-refractivity contribution in [2.24, 2.45) is 0 Å². The monoisotopic (exact) mass is 433 g/mol. The molecule has 0 saturated carbocycles. The van der Waals surface area contributed by atoms with Crippen molar-refractivity contribution in [1.82, 2.24) is 4.98 Å². The van der Waals surface area contributed by atoms with Gasteiger partial charge in [0, 0.05) is 6.42 Å². The Morgan fingerprint density at radius 2 is 1.81 bits per heavy atom. The van der Waals surface area contributed by atoms with Gasteiger partial charge in [0.05, 0.1) is 10.6 Å². The lowest BCUT2D eigenvalue weighted by Crippen LogP contribution is -2.44. The zero-order valence-electron chi connectivity index (χ0n) is 13.1. The Labute approximate surface area is 144 Å². The maximum Gasteiger partial charge on any atom is 0.192 e. The standard InChI is InChI=1S/C15H21Br2NO2Si/c1-15(2,3)21(4,5)20-9-6-10-11(7-9)14(17)18-12(8-19)13(10)16/h8-9H,6-7H2,1-5H3. The molecule has 1 unspecified atom stereocenters. The summed E-state index contributed by atoms with van der Waals surface area (Å²) < 4.78 is 8.09. The van der Waals surface area contributed by atoms with Crippen LogP contribution in [0.3, 0.4) is 0 Å². The molecule has 0 fully saturated rings. The quantitative estimate of drug-likeness (QED) is 0.385. The zero-order chi connectivity index (χ0) is 16.0. The first-order valence-electron chi connectivity index (χ1n) is 7.06. The van der Waals surface area contributed by atoms with E-state index in [1.54, 1.807) is 0 Å². The summed E-state index contributed by atoms with van der Waals surface area (Å²) in [6, 6.07) is 0. The topological polar surface area (TPSA) is 39.2 Å². The average molecular weight is 435 g/mol. The molecule has 1 aromatic heterocycles. The molecule has 21 heavy (non-hydrogen) atoms. The average Bonchev–Trinajstić information content (AvgIpc) is 2.76. The number of fused-ring (bicyclic) bond motifs is 1. The number of aldehydes is 1. The minimum absolute atomic E-state index is 0.178. The molecule has 0 amide bonds. The summed E-state index contributed by atoms with van der Waals surface area (Å²) in [6.07, 6.45) is 2.66. The van der Waals surface area contributed by atoms with E-state index in [0.29, 0.717) is 5.69 Å². The molecule has 0 bridgehead atoms. The number of hydrogen-bond donors (Lipinski definition) is 0. The van der Waals surface area contributed by atoms with E-state index in [4.69, 9.17) is 4.43 Å². The molecule has 1 aliphatic carbocycles. The molecule has 116 valence electrons. The summed E-state index contributed by atoms with van der Waals surface area (Å²) in [7, 11) is -1.79.